The van der Waals surface area contributed by atoms with Crippen molar-refractivity contribution < 1.29 is 19.1 Å². The van der Waals surface area contributed by atoms with Crippen LogP contribution in [0.25, 0.3) is 0 Å². The van der Waals surface area contributed by atoms with E-state index in [0.29, 0.717) is 25.2 Å². The van der Waals surface area contributed by atoms with E-state index in [9.17, 15) is 14.4 Å². The fourth-order valence-corrected chi connectivity index (χ4v) is 4.57. The van der Waals surface area contributed by atoms with Crippen LogP contribution in [-0.4, -0.2) is 63.7 Å². The van der Waals surface area contributed by atoms with Crippen LogP contribution in [0.4, 0.5) is 4.79 Å². The predicted molar refractivity (Wildman–Crippen MR) is 121 cm³/mol. The van der Waals surface area contributed by atoms with Crippen molar-refractivity contribution in [3.8, 4) is 0 Å². The summed E-state index contributed by atoms with van der Waals surface area (Å²) in [5, 5.41) is 7.50. The SMILES string of the molecule is CCOC(=O)C[C@@H](NC(=O)N1CCc2c(c(C(=O)N3CCCC3)nn2C)C1)c1ccccc1. The molecule has 3 amide bonds. The fourth-order valence-electron chi connectivity index (χ4n) is 4.57. The quantitative estimate of drug-likeness (QED) is 0.678. The van der Waals surface area contributed by atoms with Crippen LogP contribution >= 0.6 is 0 Å². The highest BCUT2D eigenvalue weighted by atomic mass is 16.5. The number of ether oxygens (including phenoxy) is 1. The van der Waals surface area contributed by atoms with Gasteiger partial charge in [0.25, 0.3) is 5.91 Å². The van der Waals surface area contributed by atoms with Crippen LogP contribution in [0.15, 0.2) is 30.3 Å². The van der Waals surface area contributed by atoms with E-state index in [-0.39, 0.29) is 30.9 Å². The van der Waals surface area contributed by atoms with Gasteiger partial charge in [0, 0.05) is 44.4 Å². The number of hydrogen-bond donors (Lipinski definition) is 1. The van der Waals surface area contributed by atoms with Gasteiger partial charge in [-0.1, -0.05) is 30.3 Å². The number of urea groups is 1. The summed E-state index contributed by atoms with van der Waals surface area (Å²) < 4.78 is 6.87. The number of esters is 1. The molecule has 1 atom stereocenters. The number of hydrogen-bond acceptors (Lipinski definition) is 5. The summed E-state index contributed by atoms with van der Waals surface area (Å²) in [6.07, 6.45) is 2.69. The first kappa shape index (κ1) is 22.8. The van der Waals surface area contributed by atoms with Crippen molar-refractivity contribution in [1.29, 1.82) is 0 Å². The summed E-state index contributed by atoms with van der Waals surface area (Å²) in [6, 6.07) is 8.62. The van der Waals surface area contributed by atoms with Crippen molar-refractivity contribution in [3.63, 3.8) is 0 Å². The van der Waals surface area contributed by atoms with Gasteiger partial charge in [-0.05, 0) is 25.3 Å². The number of aromatic nitrogens is 2. The van der Waals surface area contributed by atoms with Gasteiger partial charge < -0.3 is 19.9 Å². The Bertz CT molecular complexity index is 1010. The Morgan fingerprint density at radius 3 is 2.52 bits per heavy atom. The molecule has 2 aliphatic heterocycles. The second-order valence-electron chi connectivity index (χ2n) is 8.49. The molecule has 1 aromatic carbocycles. The number of benzene rings is 1. The number of likely N-dealkylation sites (tertiary alicyclic amines) is 1. The number of carbonyl (C=O) groups excluding carboxylic acids is 3. The zero-order valence-corrected chi connectivity index (χ0v) is 19.2. The van der Waals surface area contributed by atoms with Crippen LogP contribution in [0.2, 0.25) is 0 Å². The summed E-state index contributed by atoms with van der Waals surface area (Å²) in [6.45, 7) is 4.37. The standard InChI is InChI=1S/C24H31N5O4/c1-3-33-21(30)15-19(17-9-5-4-6-10-17)25-24(32)29-14-11-20-18(16-29)22(26-27(20)2)23(31)28-12-7-8-13-28/h4-6,9-10,19H,3,7-8,11-16H2,1-2H3,(H,25,32)/t19-/m1/s1. The molecule has 0 bridgehead atoms. The Hall–Kier alpha value is -3.36. The number of carbonyl (C=O) groups is 3. The molecule has 1 saturated heterocycles. The van der Waals surface area contributed by atoms with Crippen molar-refractivity contribution in [3.05, 3.63) is 52.8 Å². The lowest BCUT2D eigenvalue weighted by Crippen LogP contribution is -2.45. The van der Waals surface area contributed by atoms with Crippen LogP contribution < -0.4 is 5.32 Å². The number of fused-ring (bicyclic) bond motifs is 1. The normalized spacial score (nSPS) is 16.3. The highest BCUT2D eigenvalue weighted by molar-refractivity contribution is 5.94. The van der Waals surface area contributed by atoms with E-state index in [0.717, 1.165) is 42.8 Å². The topological polar surface area (TPSA) is 96.8 Å². The van der Waals surface area contributed by atoms with Crippen molar-refractivity contribution >= 4 is 17.9 Å². The predicted octanol–water partition coefficient (Wildman–Crippen LogP) is 2.42. The first-order chi connectivity index (χ1) is 16.0. The summed E-state index contributed by atoms with van der Waals surface area (Å²) in [7, 11) is 1.85. The molecule has 1 N–H and O–H groups in total. The Morgan fingerprint density at radius 2 is 1.82 bits per heavy atom. The van der Waals surface area contributed by atoms with Crippen LogP contribution in [0, 0.1) is 0 Å². The fraction of sp³-hybridized carbons (Fsp3) is 0.500. The van der Waals surface area contributed by atoms with E-state index in [1.165, 1.54) is 0 Å². The molecule has 1 aromatic heterocycles. The van der Waals surface area contributed by atoms with Gasteiger partial charge in [0.2, 0.25) is 0 Å². The third kappa shape index (κ3) is 5.02. The van der Waals surface area contributed by atoms with Gasteiger partial charge in [0.05, 0.1) is 25.6 Å². The monoisotopic (exact) mass is 453 g/mol. The molecule has 176 valence electrons. The summed E-state index contributed by atoms with van der Waals surface area (Å²) in [5.41, 5.74) is 3.09. The van der Waals surface area contributed by atoms with E-state index < -0.39 is 6.04 Å². The summed E-state index contributed by atoms with van der Waals surface area (Å²) in [4.78, 5) is 41.9. The van der Waals surface area contributed by atoms with E-state index in [4.69, 9.17) is 4.74 Å². The van der Waals surface area contributed by atoms with Gasteiger partial charge in [-0.25, -0.2) is 4.79 Å². The Morgan fingerprint density at radius 1 is 1.09 bits per heavy atom. The maximum absolute atomic E-state index is 13.2. The lowest BCUT2D eigenvalue weighted by molar-refractivity contribution is -0.143. The first-order valence-electron chi connectivity index (χ1n) is 11.6. The van der Waals surface area contributed by atoms with Crippen LogP contribution in [-0.2, 0) is 29.5 Å². The zero-order chi connectivity index (χ0) is 23.4. The molecule has 0 saturated carbocycles. The number of nitrogens with one attached hydrogen (secondary N) is 1. The molecule has 0 spiro atoms. The number of amides is 3. The van der Waals surface area contributed by atoms with Crippen LogP contribution in [0.1, 0.15) is 59.5 Å². The number of rotatable bonds is 6. The van der Waals surface area contributed by atoms with Crippen molar-refractivity contribution in [2.75, 3.05) is 26.2 Å². The molecule has 1 fully saturated rings. The number of aryl methyl sites for hydroxylation is 1. The smallest absolute Gasteiger partial charge is 0.318 e. The maximum atomic E-state index is 13.2. The van der Waals surface area contributed by atoms with E-state index in [1.54, 1.807) is 16.5 Å². The van der Waals surface area contributed by atoms with Crippen LogP contribution in [0.5, 0.6) is 0 Å². The Balaban J connectivity index is 1.50. The second kappa shape index (κ2) is 10.1. The molecular weight excluding hydrogens is 422 g/mol. The molecule has 2 aliphatic rings. The van der Waals surface area contributed by atoms with E-state index >= 15 is 0 Å². The van der Waals surface area contributed by atoms with Gasteiger partial charge in [0.1, 0.15) is 0 Å². The van der Waals surface area contributed by atoms with Gasteiger partial charge in [-0.2, -0.15) is 5.10 Å². The highest BCUT2D eigenvalue weighted by Crippen LogP contribution is 2.25. The summed E-state index contributed by atoms with van der Waals surface area (Å²) in [5.74, 6) is -0.422. The molecule has 9 nitrogen and oxygen atoms in total. The molecule has 3 heterocycles. The molecule has 33 heavy (non-hydrogen) atoms. The maximum Gasteiger partial charge on any atom is 0.318 e. The largest absolute Gasteiger partial charge is 0.466 e. The second-order valence-corrected chi connectivity index (χ2v) is 8.49. The average Bonchev–Trinajstić information content (AvgIpc) is 3.47. The highest BCUT2D eigenvalue weighted by Gasteiger charge is 2.32. The van der Waals surface area contributed by atoms with Gasteiger partial charge in [-0.3, -0.25) is 14.3 Å². The first-order valence-corrected chi connectivity index (χ1v) is 11.6. The summed E-state index contributed by atoms with van der Waals surface area (Å²) >= 11 is 0. The molecule has 2 aromatic rings. The molecule has 0 radical (unpaired) electrons. The van der Waals surface area contributed by atoms with Crippen molar-refractivity contribution in [2.45, 2.75) is 45.2 Å². The molecule has 9 heteroatoms. The molecule has 0 unspecified atom stereocenters. The minimum absolute atomic E-state index is 0.0499. The molecule has 0 aliphatic carbocycles. The third-order valence-corrected chi connectivity index (χ3v) is 6.30. The third-order valence-electron chi connectivity index (χ3n) is 6.30. The van der Waals surface area contributed by atoms with Gasteiger partial charge >= 0.3 is 12.0 Å². The van der Waals surface area contributed by atoms with Crippen LogP contribution in [0.3, 0.4) is 0 Å². The van der Waals surface area contributed by atoms with Gasteiger partial charge in [-0.15, -0.1) is 0 Å². The van der Waals surface area contributed by atoms with Crippen molar-refractivity contribution in [2.24, 2.45) is 7.05 Å². The Kier molecular flexibility index (Phi) is 6.96. The molecule has 4 rings (SSSR count). The van der Waals surface area contributed by atoms with Gasteiger partial charge in [0.15, 0.2) is 5.69 Å². The van der Waals surface area contributed by atoms with Crippen molar-refractivity contribution in [1.82, 2.24) is 24.9 Å². The van der Waals surface area contributed by atoms with E-state index in [1.807, 2.05) is 42.3 Å². The lowest BCUT2D eigenvalue weighted by Gasteiger charge is -2.30. The minimum atomic E-state index is -0.501. The number of nitrogens with zero attached hydrogens (tertiary/aromatic N) is 4. The van der Waals surface area contributed by atoms with E-state index in [2.05, 4.69) is 10.4 Å². The molecular formula is C24H31N5O4. The average molecular weight is 454 g/mol. The lowest BCUT2D eigenvalue weighted by atomic mass is 10.0. The zero-order valence-electron chi connectivity index (χ0n) is 19.2. The Labute approximate surface area is 193 Å². The minimum Gasteiger partial charge on any atom is -0.466 e.